The maximum atomic E-state index is 11.9. The average molecular weight is 349 g/mol. The number of hydrogen-bond donors (Lipinski definition) is 2. The van der Waals surface area contributed by atoms with Crippen molar-refractivity contribution in [3.05, 3.63) is 29.8 Å². The fourth-order valence-electron chi connectivity index (χ4n) is 2.40. The molecule has 2 N–H and O–H groups in total. The van der Waals surface area contributed by atoms with Gasteiger partial charge in [-0.05, 0) is 24.3 Å². The lowest BCUT2D eigenvalue weighted by Crippen LogP contribution is -2.41. The number of rotatable bonds is 7. The van der Waals surface area contributed by atoms with Gasteiger partial charge in [-0.2, -0.15) is 0 Å². The second kappa shape index (κ2) is 9.75. The van der Waals surface area contributed by atoms with Gasteiger partial charge in [-0.25, -0.2) is 4.79 Å². The molecule has 0 atom stereocenters. The zero-order valence-corrected chi connectivity index (χ0v) is 14.2. The van der Waals surface area contributed by atoms with Gasteiger partial charge in [0.25, 0.3) is 0 Å². The third-order valence-corrected chi connectivity index (χ3v) is 3.76. The number of hydrogen-bond acceptors (Lipinski definition) is 6. The molecule has 0 saturated carbocycles. The maximum absolute atomic E-state index is 11.9. The lowest BCUT2D eigenvalue weighted by molar-refractivity contribution is -0.126. The predicted octanol–water partition coefficient (Wildman–Crippen LogP) is 0.250. The lowest BCUT2D eigenvalue weighted by atomic mass is 10.2. The fourth-order valence-corrected chi connectivity index (χ4v) is 2.40. The number of carbonyl (C=O) groups excluding carboxylic acids is 3. The van der Waals surface area contributed by atoms with Crippen LogP contribution in [-0.4, -0.2) is 69.2 Å². The highest BCUT2D eigenvalue weighted by Crippen LogP contribution is 2.10. The van der Waals surface area contributed by atoms with E-state index in [0.717, 1.165) is 19.6 Å². The van der Waals surface area contributed by atoms with E-state index in [1.165, 1.54) is 7.11 Å². The van der Waals surface area contributed by atoms with E-state index in [0.29, 0.717) is 31.0 Å². The highest BCUT2D eigenvalue weighted by molar-refractivity contribution is 6.03. The summed E-state index contributed by atoms with van der Waals surface area (Å²) in [5, 5.41) is 5.35. The van der Waals surface area contributed by atoms with E-state index in [1.807, 2.05) is 0 Å². The smallest absolute Gasteiger partial charge is 0.337 e. The number of benzene rings is 1. The van der Waals surface area contributed by atoms with Crippen molar-refractivity contribution in [2.75, 3.05) is 51.8 Å². The number of ether oxygens (including phenoxy) is 2. The molecule has 0 aliphatic carbocycles. The van der Waals surface area contributed by atoms with Crippen LogP contribution < -0.4 is 10.6 Å². The highest BCUT2D eigenvalue weighted by atomic mass is 16.5. The number of methoxy groups -OCH3 is 1. The number of amides is 2. The fraction of sp³-hybridized carbons (Fsp3) is 0.471. The van der Waals surface area contributed by atoms with Crippen molar-refractivity contribution in [2.45, 2.75) is 6.42 Å². The Bertz CT molecular complexity index is 597. The summed E-state index contributed by atoms with van der Waals surface area (Å²) < 4.78 is 9.86. The molecule has 1 aliphatic rings. The third kappa shape index (κ3) is 6.52. The molecule has 0 aromatic heterocycles. The summed E-state index contributed by atoms with van der Waals surface area (Å²) in [5.41, 5.74) is 0.903. The van der Waals surface area contributed by atoms with Gasteiger partial charge in [-0.15, -0.1) is 0 Å². The monoisotopic (exact) mass is 349 g/mol. The van der Waals surface area contributed by atoms with Crippen LogP contribution in [0.25, 0.3) is 0 Å². The zero-order chi connectivity index (χ0) is 18.1. The standard InChI is InChI=1S/C17H23N3O5/c1-24-17(23)13-2-4-14(5-3-13)19-16(22)12-15(21)18-6-7-20-8-10-25-11-9-20/h2-5H,6-12H2,1H3,(H,18,21)(H,19,22). The minimum absolute atomic E-state index is 0.248. The van der Waals surface area contributed by atoms with Crippen LogP contribution in [0.5, 0.6) is 0 Å². The van der Waals surface area contributed by atoms with Crippen LogP contribution in [-0.2, 0) is 19.1 Å². The van der Waals surface area contributed by atoms with Gasteiger partial charge in [0, 0.05) is 31.9 Å². The number of anilines is 1. The Hall–Kier alpha value is -2.45. The summed E-state index contributed by atoms with van der Waals surface area (Å²) in [6.07, 6.45) is -0.248. The summed E-state index contributed by atoms with van der Waals surface area (Å²) >= 11 is 0. The number of nitrogens with one attached hydrogen (secondary N) is 2. The SMILES string of the molecule is COC(=O)c1ccc(NC(=O)CC(=O)NCCN2CCOCC2)cc1. The van der Waals surface area contributed by atoms with Crippen LogP contribution in [0.3, 0.4) is 0 Å². The van der Waals surface area contributed by atoms with Gasteiger partial charge >= 0.3 is 5.97 Å². The highest BCUT2D eigenvalue weighted by Gasteiger charge is 2.12. The van der Waals surface area contributed by atoms with Gasteiger partial charge in [0.15, 0.2) is 0 Å². The molecule has 0 unspecified atom stereocenters. The molecule has 0 bridgehead atoms. The van der Waals surface area contributed by atoms with E-state index in [-0.39, 0.29) is 12.3 Å². The second-order valence-electron chi connectivity index (χ2n) is 5.60. The number of morpholine rings is 1. The molecule has 2 amide bonds. The summed E-state index contributed by atoms with van der Waals surface area (Å²) in [5.74, 6) is -1.18. The summed E-state index contributed by atoms with van der Waals surface area (Å²) in [4.78, 5) is 37.2. The first-order valence-electron chi connectivity index (χ1n) is 8.13. The van der Waals surface area contributed by atoms with Crippen LogP contribution in [0.4, 0.5) is 5.69 Å². The molecule has 1 aromatic carbocycles. The van der Waals surface area contributed by atoms with Crippen molar-refractivity contribution in [3.8, 4) is 0 Å². The van der Waals surface area contributed by atoms with E-state index >= 15 is 0 Å². The van der Waals surface area contributed by atoms with Crippen LogP contribution in [0.2, 0.25) is 0 Å². The number of nitrogens with zero attached hydrogens (tertiary/aromatic N) is 1. The maximum Gasteiger partial charge on any atom is 0.337 e. The van der Waals surface area contributed by atoms with E-state index in [2.05, 4.69) is 20.3 Å². The Morgan fingerprint density at radius 2 is 1.80 bits per heavy atom. The lowest BCUT2D eigenvalue weighted by Gasteiger charge is -2.26. The van der Waals surface area contributed by atoms with Crippen molar-refractivity contribution in [1.82, 2.24) is 10.2 Å². The Balaban J connectivity index is 1.68. The van der Waals surface area contributed by atoms with Gasteiger partial charge < -0.3 is 20.1 Å². The molecular weight excluding hydrogens is 326 g/mol. The molecular formula is C17H23N3O5. The van der Waals surface area contributed by atoms with Crippen molar-refractivity contribution in [1.29, 1.82) is 0 Å². The molecule has 136 valence electrons. The molecule has 0 radical (unpaired) electrons. The van der Waals surface area contributed by atoms with Crippen molar-refractivity contribution in [2.24, 2.45) is 0 Å². The molecule has 1 aromatic rings. The quantitative estimate of drug-likeness (QED) is 0.541. The largest absolute Gasteiger partial charge is 0.465 e. The van der Waals surface area contributed by atoms with Gasteiger partial charge in [0.2, 0.25) is 11.8 Å². The first-order valence-corrected chi connectivity index (χ1v) is 8.13. The first kappa shape index (κ1) is 18.9. The minimum Gasteiger partial charge on any atom is -0.465 e. The Kier molecular flexibility index (Phi) is 7.36. The predicted molar refractivity (Wildman–Crippen MR) is 91.3 cm³/mol. The summed E-state index contributed by atoms with van der Waals surface area (Å²) in [7, 11) is 1.30. The van der Waals surface area contributed by atoms with E-state index in [4.69, 9.17) is 4.74 Å². The van der Waals surface area contributed by atoms with Crippen LogP contribution >= 0.6 is 0 Å². The molecule has 8 heteroatoms. The van der Waals surface area contributed by atoms with Gasteiger partial charge in [0.1, 0.15) is 6.42 Å². The van der Waals surface area contributed by atoms with Crippen molar-refractivity contribution in [3.63, 3.8) is 0 Å². The molecule has 8 nitrogen and oxygen atoms in total. The molecule has 1 fully saturated rings. The van der Waals surface area contributed by atoms with Gasteiger partial charge in [-0.3, -0.25) is 14.5 Å². The van der Waals surface area contributed by atoms with Crippen LogP contribution in [0.15, 0.2) is 24.3 Å². The van der Waals surface area contributed by atoms with E-state index < -0.39 is 11.9 Å². The summed E-state index contributed by atoms with van der Waals surface area (Å²) in [6, 6.07) is 6.26. The molecule has 1 aliphatic heterocycles. The normalized spacial score (nSPS) is 14.6. The summed E-state index contributed by atoms with van der Waals surface area (Å²) in [6.45, 7) is 4.39. The molecule has 0 spiro atoms. The zero-order valence-electron chi connectivity index (χ0n) is 14.2. The van der Waals surface area contributed by atoms with Crippen molar-refractivity contribution < 1.29 is 23.9 Å². The van der Waals surface area contributed by atoms with Crippen LogP contribution in [0.1, 0.15) is 16.8 Å². The minimum atomic E-state index is -0.447. The topological polar surface area (TPSA) is 97.0 Å². The Labute approximate surface area is 146 Å². The molecule has 1 saturated heterocycles. The Morgan fingerprint density at radius 1 is 1.12 bits per heavy atom. The Morgan fingerprint density at radius 3 is 2.44 bits per heavy atom. The molecule has 2 rings (SSSR count). The average Bonchev–Trinajstić information content (AvgIpc) is 2.62. The number of esters is 1. The molecule has 1 heterocycles. The van der Waals surface area contributed by atoms with Gasteiger partial charge in [0.05, 0.1) is 25.9 Å². The first-order chi connectivity index (χ1) is 12.1. The van der Waals surface area contributed by atoms with Crippen LogP contribution in [0, 0.1) is 0 Å². The van der Waals surface area contributed by atoms with Gasteiger partial charge in [-0.1, -0.05) is 0 Å². The molecule has 25 heavy (non-hydrogen) atoms. The third-order valence-electron chi connectivity index (χ3n) is 3.76. The van der Waals surface area contributed by atoms with Crippen molar-refractivity contribution >= 4 is 23.5 Å². The van der Waals surface area contributed by atoms with E-state index in [1.54, 1.807) is 24.3 Å². The number of carbonyl (C=O) groups is 3. The second-order valence-corrected chi connectivity index (χ2v) is 5.60. The van der Waals surface area contributed by atoms with E-state index in [9.17, 15) is 14.4 Å².